The van der Waals surface area contributed by atoms with Gasteiger partial charge in [-0.3, -0.25) is 9.59 Å². The summed E-state index contributed by atoms with van der Waals surface area (Å²) in [5, 5.41) is 3.01. The van der Waals surface area contributed by atoms with E-state index in [1.54, 1.807) is 17.0 Å². The SMILES string of the molecule is O=C(N[C@H]1CC(=O)N(CCc2ccc(F)cc2)C1)C1CCOCC1. The summed E-state index contributed by atoms with van der Waals surface area (Å²) in [6.07, 6.45) is 2.55. The second-order valence-electron chi connectivity index (χ2n) is 6.51. The number of likely N-dealkylation sites (tertiary alicyclic amines) is 1. The van der Waals surface area contributed by atoms with Gasteiger partial charge in [0.05, 0.1) is 6.04 Å². The van der Waals surface area contributed by atoms with Crippen molar-refractivity contribution >= 4 is 11.8 Å². The van der Waals surface area contributed by atoms with Crippen LogP contribution in [-0.2, 0) is 20.7 Å². The average molecular weight is 334 g/mol. The Kier molecular flexibility index (Phi) is 5.45. The Morgan fingerprint density at radius 2 is 1.96 bits per heavy atom. The third kappa shape index (κ3) is 4.32. The van der Waals surface area contributed by atoms with Crippen LogP contribution in [0.5, 0.6) is 0 Å². The van der Waals surface area contributed by atoms with Crippen LogP contribution >= 0.6 is 0 Å². The van der Waals surface area contributed by atoms with Crippen molar-refractivity contribution in [3.8, 4) is 0 Å². The zero-order valence-corrected chi connectivity index (χ0v) is 13.7. The highest BCUT2D eigenvalue weighted by Crippen LogP contribution is 2.17. The van der Waals surface area contributed by atoms with Crippen molar-refractivity contribution in [2.75, 3.05) is 26.3 Å². The van der Waals surface area contributed by atoms with E-state index in [9.17, 15) is 14.0 Å². The molecular formula is C18H23FN2O3. The van der Waals surface area contributed by atoms with E-state index in [0.717, 1.165) is 18.4 Å². The second kappa shape index (κ2) is 7.75. The quantitative estimate of drug-likeness (QED) is 0.888. The molecular weight excluding hydrogens is 311 g/mol. The van der Waals surface area contributed by atoms with E-state index in [-0.39, 0.29) is 29.6 Å². The number of halogens is 1. The number of ether oxygens (including phenoxy) is 1. The lowest BCUT2D eigenvalue weighted by atomic mass is 9.99. The van der Waals surface area contributed by atoms with Crippen molar-refractivity contribution < 1.29 is 18.7 Å². The van der Waals surface area contributed by atoms with Gasteiger partial charge in [-0.15, -0.1) is 0 Å². The fourth-order valence-corrected chi connectivity index (χ4v) is 3.28. The number of carbonyl (C=O) groups excluding carboxylic acids is 2. The maximum absolute atomic E-state index is 12.9. The molecule has 5 nitrogen and oxygen atoms in total. The van der Waals surface area contributed by atoms with Gasteiger partial charge >= 0.3 is 0 Å². The number of hydrogen-bond acceptors (Lipinski definition) is 3. The summed E-state index contributed by atoms with van der Waals surface area (Å²) >= 11 is 0. The summed E-state index contributed by atoms with van der Waals surface area (Å²) in [5.74, 6) is -0.153. The molecule has 0 aromatic heterocycles. The van der Waals surface area contributed by atoms with Gasteiger partial charge in [-0.05, 0) is 37.0 Å². The minimum atomic E-state index is -0.258. The molecule has 2 fully saturated rings. The van der Waals surface area contributed by atoms with Crippen molar-refractivity contribution in [2.45, 2.75) is 31.7 Å². The number of nitrogens with zero attached hydrogens (tertiary/aromatic N) is 1. The van der Waals surface area contributed by atoms with E-state index in [2.05, 4.69) is 5.32 Å². The average Bonchev–Trinajstić information content (AvgIpc) is 2.94. The summed E-state index contributed by atoms with van der Waals surface area (Å²) in [6, 6.07) is 6.22. The highest BCUT2D eigenvalue weighted by molar-refractivity contribution is 5.83. The van der Waals surface area contributed by atoms with Crippen LogP contribution in [0.4, 0.5) is 4.39 Å². The summed E-state index contributed by atoms with van der Waals surface area (Å²) in [4.78, 5) is 26.1. The predicted molar refractivity (Wildman–Crippen MR) is 86.8 cm³/mol. The molecule has 3 rings (SSSR count). The molecule has 2 heterocycles. The lowest BCUT2D eigenvalue weighted by molar-refractivity contribution is -0.128. The molecule has 2 aliphatic rings. The molecule has 6 heteroatoms. The maximum atomic E-state index is 12.9. The Hall–Kier alpha value is -1.95. The minimum Gasteiger partial charge on any atom is -0.381 e. The Morgan fingerprint density at radius 3 is 2.67 bits per heavy atom. The molecule has 2 amide bonds. The molecule has 130 valence electrons. The van der Waals surface area contributed by atoms with Crippen molar-refractivity contribution in [3.63, 3.8) is 0 Å². The van der Waals surface area contributed by atoms with Crippen molar-refractivity contribution in [3.05, 3.63) is 35.6 Å². The van der Waals surface area contributed by atoms with Gasteiger partial charge in [-0.1, -0.05) is 12.1 Å². The molecule has 0 radical (unpaired) electrons. The fraction of sp³-hybridized carbons (Fsp3) is 0.556. The van der Waals surface area contributed by atoms with E-state index in [1.807, 2.05) is 0 Å². The highest BCUT2D eigenvalue weighted by atomic mass is 19.1. The molecule has 0 saturated carbocycles. The first-order valence-corrected chi connectivity index (χ1v) is 8.52. The number of carbonyl (C=O) groups is 2. The largest absolute Gasteiger partial charge is 0.381 e. The number of nitrogens with one attached hydrogen (secondary N) is 1. The Balaban J connectivity index is 1.46. The van der Waals surface area contributed by atoms with Crippen LogP contribution in [0.2, 0.25) is 0 Å². The van der Waals surface area contributed by atoms with Crippen LogP contribution in [0.1, 0.15) is 24.8 Å². The minimum absolute atomic E-state index is 0.00196. The maximum Gasteiger partial charge on any atom is 0.224 e. The Labute approximate surface area is 141 Å². The van der Waals surface area contributed by atoms with Crippen molar-refractivity contribution in [1.82, 2.24) is 10.2 Å². The molecule has 0 aliphatic carbocycles. The molecule has 0 unspecified atom stereocenters. The highest BCUT2D eigenvalue weighted by Gasteiger charge is 2.32. The Morgan fingerprint density at radius 1 is 1.25 bits per heavy atom. The number of benzene rings is 1. The van der Waals surface area contributed by atoms with E-state index in [4.69, 9.17) is 4.74 Å². The van der Waals surface area contributed by atoms with Crippen molar-refractivity contribution in [2.24, 2.45) is 5.92 Å². The molecule has 0 bridgehead atoms. The van der Waals surface area contributed by atoms with Crippen LogP contribution in [0, 0.1) is 11.7 Å². The molecule has 1 aromatic rings. The first-order valence-electron chi connectivity index (χ1n) is 8.52. The molecule has 24 heavy (non-hydrogen) atoms. The van der Waals surface area contributed by atoms with Crippen LogP contribution in [0.3, 0.4) is 0 Å². The van der Waals surface area contributed by atoms with Gasteiger partial charge in [-0.25, -0.2) is 4.39 Å². The smallest absolute Gasteiger partial charge is 0.224 e. The van der Waals surface area contributed by atoms with Crippen LogP contribution in [-0.4, -0.2) is 49.1 Å². The molecule has 1 aromatic carbocycles. The first-order chi connectivity index (χ1) is 11.6. The lowest BCUT2D eigenvalue weighted by Gasteiger charge is -2.23. The summed E-state index contributed by atoms with van der Waals surface area (Å²) in [5.41, 5.74) is 0.999. The van der Waals surface area contributed by atoms with E-state index in [0.29, 0.717) is 39.1 Å². The number of rotatable bonds is 5. The third-order valence-corrected chi connectivity index (χ3v) is 4.74. The monoisotopic (exact) mass is 334 g/mol. The predicted octanol–water partition coefficient (Wildman–Crippen LogP) is 1.51. The zero-order valence-electron chi connectivity index (χ0n) is 13.7. The van der Waals surface area contributed by atoms with Crippen LogP contribution in [0.15, 0.2) is 24.3 Å². The zero-order chi connectivity index (χ0) is 16.9. The lowest BCUT2D eigenvalue weighted by Crippen LogP contribution is -2.42. The van der Waals surface area contributed by atoms with Gasteiger partial charge in [0.25, 0.3) is 0 Å². The van der Waals surface area contributed by atoms with Gasteiger partial charge in [0.15, 0.2) is 0 Å². The number of hydrogen-bond donors (Lipinski definition) is 1. The Bertz CT molecular complexity index is 584. The van der Waals surface area contributed by atoms with Crippen LogP contribution in [0.25, 0.3) is 0 Å². The van der Waals surface area contributed by atoms with E-state index < -0.39 is 0 Å². The van der Waals surface area contributed by atoms with Crippen LogP contribution < -0.4 is 5.32 Å². The normalized spacial score (nSPS) is 22.0. The first kappa shape index (κ1) is 16.9. The van der Waals surface area contributed by atoms with Gasteiger partial charge in [-0.2, -0.15) is 0 Å². The summed E-state index contributed by atoms with van der Waals surface area (Å²) < 4.78 is 18.2. The number of amides is 2. The molecule has 1 atom stereocenters. The van der Waals surface area contributed by atoms with Gasteiger partial charge in [0.1, 0.15) is 5.82 Å². The van der Waals surface area contributed by atoms with E-state index >= 15 is 0 Å². The summed E-state index contributed by atoms with van der Waals surface area (Å²) in [6.45, 7) is 2.40. The second-order valence-corrected chi connectivity index (χ2v) is 6.51. The van der Waals surface area contributed by atoms with Crippen molar-refractivity contribution in [1.29, 1.82) is 0 Å². The fourth-order valence-electron chi connectivity index (χ4n) is 3.28. The molecule has 0 spiro atoms. The molecule has 1 N–H and O–H groups in total. The van der Waals surface area contributed by atoms with Gasteiger partial charge in [0.2, 0.25) is 11.8 Å². The van der Waals surface area contributed by atoms with Gasteiger partial charge < -0.3 is 15.0 Å². The van der Waals surface area contributed by atoms with E-state index in [1.165, 1.54) is 12.1 Å². The third-order valence-electron chi connectivity index (χ3n) is 4.74. The molecule has 2 saturated heterocycles. The van der Waals surface area contributed by atoms with Gasteiger partial charge in [0, 0.05) is 38.6 Å². The standard InChI is InChI=1S/C18H23FN2O3/c19-15-3-1-13(2-4-15)5-8-21-12-16(11-17(21)22)20-18(23)14-6-9-24-10-7-14/h1-4,14,16H,5-12H2,(H,20,23)/t16-/m0/s1. The summed E-state index contributed by atoms with van der Waals surface area (Å²) in [7, 11) is 0. The molecule has 2 aliphatic heterocycles. The topological polar surface area (TPSA) is 58.6 Å².